The van der Waals surface area contributed by atoms with Crippen molar-refractivity contribution in [3.8, 4) is 11.5 Å². The fraction of sp³-hybridized carbons (Fsp3) is 0.316. The van der Waals surface area contributed by atoms with E-state index < -0.39 is 0 Å². The quantitative estimate of drug-likeness (QED) is 0.701. The molecule has 4 rings (SSSR count). The van der Waals surface area contributed by atoms with Crippen molar-refractivity contribution in [3.63, 3.8) is 0 Å². The Labute approximate surface area is 165 Å². The first-order valence-corrected chi connectivity index (χ1v) is 9.27. The summed E-state index contributed by atoms with van der Waals surface area (Å²) in [5.74, 6) is 0.870. The number of hydrogen-bond donors (Lipinski definition) is 2. The van der Waals surface area contributed by atoms with Gasteiger partial charge < -0.3 is 14.8 Å². The van der Waals surface area contributed by atoms with Gasteiger partial charge in [0.15, 0.2) is 17.1 Å². The molecule has 2 aromatic heterocycles. The Bertz CT molecular complexity index is 1140. The summed E-state index contributed by atoms with van der Waals surface area (Å²) in [7, 11) is 0. The van der Waals surface area contributed by atoms with E-state index in [1.54, 1.807) is 16.6 Å². The highest BCUT2D eigenvalue weighted by Crippen LogP contribution is 2.37. The van der Waals surface area contributed by atoms with Crippen LogP contribution in [0.15, 0.2) is 23.0 Å². The van der Waals surface area contributed by atoms with Crippen molar-refractivity contribution in [1.29, 1.82) is 0 Å². The zero-order chi connectivity index (χ0) is 19.8. The van der Waals surface area contributed by atoms with Crippen LogP contribution in [-0.4, -0.2) is 33.7 Å². The van der Waals surface area contributed by atoms with Crippen LogP contribution in [0.2, 0.25) is 5.02 Å². The number of halogens is 1. The summed E-state index contributed by atoms with van der Waals surface area (Å²) in [5, 5.41) is 5.87. The number of hydrogen-bond acceptors (Lipinski definition) is 5. The minimum Gasteiger partial charge on any atom is -0.490 e. The monoisotopic (exact) mass is 402 g/mol. The molecule has 3 heterocycles. The van der Waals surface area contributed by atoms with E-state index in [2.05, 4.69) is 15.4 Å². The zero-order valence-electron chi connectivity index (χ0n) is 15.5. The molecule has 0 fully saturated rings. The number of ether oxygens (including phenoxy) is 2. The number of carbonyl (C=O) groups is 1. The number of benzene rings is 1. The highest BCUT2D eigenvalue weighted by molar-refractivity contribution is 6.34. The second-order valence-corrected chi connectivity index (χ2v) is 7.04. The van der Waals surface area contributed by atoms with E-state index in [4.69, 9.17) is 21.1 Å². The minimum absolute atomic E-state index is 0.0889. The molecule has 0 unspecified atom stereocenters. The third-order valence-electron chi connectivity index (χ3n) is 4.65. The van der Waals surface area contributed by atoms with E-state index in [0.29, 0.717) is 46.8 Å². The largest absolute Gasteiger partial charge is 0.490 e. The fourth-order valence-corrected chi connectivity index (χ4v) is 3.45. The summed E-state index contributed by atoms with van der Waals surface area (Å²) in [6.07, 6.45) is 0.870. The lowest BCUT2D eigenvalue weighted by atomic mass is 10.1. The number of aromatic nitrogens is 3. The average Bonchev–Trinajstić information content (AvgIpc) is 2.86. The Morgan fingerprint density at radius 3 is 2.71 bits per heavy atom. The molecule has 0 atom stereocenters. The van der Waals surface area contributed by atoms with Crippen molar-refractivity contribution in [1.82, 2.24) is 14.6 Å². The van der Waals surface area contributed by atoms with Crippen LogP contribution in [-0.2, 0) is 11.2 Å². The number of aromatic amines is 1. The Hall–Kier alpha value is -3.00. The van der Waals surface area contributed by atoms with Crippen LogP contribution in [0.5, 0.6) is 11.5 Å². The summed E-state index contributed by atoms with van der Waals surface area (Å²) < 4.78 is 12.8. The van der Waals surface area contributed by atoms with Crippen LogP contribution in [0.25, 0.3) is 5.65 Å². The molecule has 1 aliphatic rings. The number of fused-ring (bicyclic) bond motifs is 2. The van der Waals surface area contributed by atoms with Gasteiger partial charge in [-0.2, -0.15) is 0 Å². The number of nitrogens with zero attached hydrogens (tertiary/aromatic N) is 2. The highest BCUT2D eigenvalue weighted by atomic mass is 35.5. The van der Waals surface area contributed by atoms with E-state index in [0.717, 1.165) is 17.7 Å². The van der Waals surface area contributed by atoms with Gasteiger partial charge in [0.2, 0.25) is 5.91 Å². The summed E-state index contributed by atoms with van der Waals surface area (Å²) >= 11 is 6.30. The fourth-order valence-electron chi connectivity index (χ4n) is 3.25. The lowest BCUT2D eigenvalue weighted by Crippen LogP contribution is -2.18. The van der Waals surface area contributed by atoms with Gasteiger partial charge in [0.05, 0.1) is 30.3 Å². The normalized spacial score (nSPS) is 13.4. The second-order valence-electron chi connectivity index (χ2n) is 6.63. The topological polar surface area (TPSA) is 97.7 Å². The smallest absolute Gasteiger partial charge is 0.266 e. The minimum atomic E-state index is -0.252. The second kappa shape index (κ2) is 7.20. The molecule has 0 spiro atoms. The maximum absolute atomic E-state index is 12.7. The van der Waals surface area contributed by atoms with E-state index in [1.165, 1.54) is 6.07 Å². The molecule has 3 aromatic rings. The van der Waals surface area contributed by atoms with E-state index in [1.807, 2.05) is 13.8 Å². The van der Waals surface area contributed by atoms with Gasteiger partial charge >= 0.3 is 0 Å². The van der Waals surface area contributed by atoms with Crippen LogP contribution < -0.4 is 20.3 Å². The molecule has 1 aliphatic heterocycles. The first kappa shape index (κ1) is 18.4. The lowest BCUT2D eigenvalue weighted by Gasteiger charge is -2.14. The molecule has 0 saturated heterocycles. The van der Waals surface area contributed by atoms with E-state index in [9.17, 15) is 9.59 Å². The van der Waals surface area contributed by atoms with Crippen molar-refractivity contribution < 1.29 is 14.3 Å². The molecule has 0 saturated carbocycles. The summed E-state index contributed by atoms with van der Waals surface area (Å²) in [5.41, 5.74) is 2.92. The molecule has 1 amide bonds. The van der Waals surface area contributed by atoms with Crippen LogP contribution in [0.4, 0.5) is 5.69 Å². The maximum atomic E-state index is 12.7. The van der Waals surface area contributed by atoms with Crippen molar-refractivity contribution >= 4 is 28.8 Å². The molecule has 0 aliphatic carbocycles. The van der Waals surface area contributed by atoms with Crippen molar-refractivity contribution in [3.05, 3.63) is 50.5 Å². The Morgan fingerprint density at radius 1 is 1.25 bits per heavy atom. The molecule has 28 heavy (non-hydrogen) atoms. The number of carbonyl (C=O) groups excluding carboxylic acids is 1. The van der Waals surface area contributed by atoms with Crippen molar-refractivity contribution in [2.45, 2.75) is 26.7 Å². The maximum Gasteiger partial charge on any atom is 0.266 e. The Kier molecular flexibility index (Phi) is 4.72. The van der Waals surface area contributed by atoms with E-state index in [-0.39, 0.29) is 17.9 Å². The molecule has 8 nitrogen and oxygen atoms in total. The number of amides is 1. The molecule has 146 valence electrons. The van der Waals surface area contributed by atoms with Crippen molar-refractivity contribution in [2.24, 2.45) is 0 Å². The van der Waals surface area contributed by atoms with Gasteiger partial charge in [-0.3, -0.25) is 14.7 Å². The van der Waals surface area contributed by atoms with Gasteiger partial charge in [0.25, 0.3) is 5.56 Å². The summed E-state index contributed by atoms with van der Waals surface area (Å²) in [6.45, 7) is 4.75. The van der Waals surface area contributed by atoms with Crippen molar-refractivity contribution in [2.75, 3.05) is 18.5 Å². The van der Waals surface area contributed by atoms with Gasteiger partial charge in [-0.25, -0.2) is 9.50 Å². The first-order chi connectivity index (χ1) is 13.4. The number of rotatable bonds is 3. The van der Waals surface area contributed by atoms with Crippen LogP contribution >= 0.6 is 11.6 Å². The molecular weight excluding hydrogens is 384 g/mol. The number of H-pyrrole nitrogens is 1. The van der Waals surface area contributed by atoms with Gasteiger partial charge in [-0.05, 0) is 13.8 Å². The van der Waals surface area contributed by atoms with Crippen LogP contribution in [0.1, 0.15) is 23.4 Å². The van der Waals surface area contributed by atoms with Crippen LogP contribution in [0, 0.1) is 13.8 Å². The number of nitrogens with one attached hydrogen (secondary N) is 2. The van der Waals surface area contributed by atoms with Gasteiger partial charge in [-0.15, -0.1) is 0 Å². The highest BCUT2D eigenvalue weighted by Gasteiger charge is 2.18. The molecular formula is C19H19ClN4O4. The lowest BCUT2D eigenvalue weighted by molar-refractivity contribution is -0.115. The third kappa shape index (κ3) is 3.43. The zero-order valence-corrected chi connectivity index (χ0v) is 16.2. The third-order valence-corrected chi connectivity index (χ3v) is 4.96. The Balaban J connectivity index is 1.59. The van der Waals surface area contributed by atoms with Crippen LogP contribution in [0.3, 0.4) is 0 Å². The molecule has 2 N–H and O–H groups in total. The number of aryl methyl sites for hydroxylation is 2. The molecule has 9 heteroatoms. The summed E-state index contributed by atoms with van der Waals surface area (Å²) in [4.78, 5) is 28.6. The van der Waals surface area contributed by atoms with Gasteiger partial charge in [-0.1, -0.05) is 11.6 Å². The Morgan fingerprint density at radius 2 is 1.96 bits per heavy atom. The molecule has 1 aromatic carbocycles. The molecule has 0 bridgehead atoms. The predicted molar refractivity (Wildman–Crippen MR) is 105 cm³/mol. The first-order valence-electron chi connectivity index (χ1n) is 8.89. The predicted octanol–water partition coefficient (Wildman–Crippen LogP) is 2.64. The van der Waals surface area contributed by atoms with Gasteiger partial charge in [0, 0.05) is 41.6 Å². The average molecular weight is 403 g/mol. The van der Waals surface area contributed by atoms with Gasteiger partial charge in [0.1, 0.15) is 0 Å². The standard InChI is InChI=1S/C19H19ClN4O4/c1-10-12(11(2)24-17(21-10)9-19(26)23-24)6-18(25)22-14-8-16-15(7-13(14)20)27-4-3-5-28-16/h7-9H,3-6H2,1-2H3,(H,22,25)(H,23,26). The van der Waals surface area contributed by atoms with E-state index >= 15 is 0 Å². The SMILES string of the molecule is Cc1nc2cc(=O)[nH]n2c(C)c1CC(=O)Nc1cc2c(cc1Cl)OCCCO2. The molecule has 0 radical (unpaired) electrons. The summed E-state index contributed by atoms with van der Waals surface area (Å²) in [6, 6.07) is 4.74. The number of anilines is 1.